The fraction of sp³-hybridized carbons (Fsp3) is 0.267. The molecule has 1 aromatic carbocycles. The van der Waals surface area contributed by atoms with Gasteiger partial charge in [0.2, 0.25) is 5.91 Å². The fourth-order valence-electron chi connectivity index (χ4n) is 2.00. The van der Waals surface area contributed by atoms with Crippen LogP contribution in [0.2, 0.25) is 0 Å². The molecule has 1 unspecified atom stereocenters. The monoisotopic (exact) mass is 292 g/mol. The molecule has 0 fully saturated rings. The number of carbonyl (C=O) groups excluding carboxylic acids is 1. The maximum absolute atomic E-state index is 12.9. The molecule has 0 bridgehead atoms. The molecule has 2 rings (SSSR count). The molecule has 1 amide bonds. The Morgan fingerprint density at radius 2 is 2.05 bits per heavy atom. The minimum atomic E-state index is -0.570. The van der Waals surface area contributed by atoms with Crippen molar-refractivity contribution in [3.05, 3.63) is 58.0 Å². The van der Waals surface area contributed by atoms with Crippen molar-refractivity contribution in [3.8, 4) is 0 Å². The van der Waals surface area contributed by atoms with E-state index in [9.17, 15) is 9.18 Å². The zero-order valence-electron chi connectivity index (χ0n) is 11.0. The van der Waals surface area contributed by atoms with E-state index in [2.05, 4.69) is 11.4 Å². The second-order valence-electron chi connectivity index (χ2n) is 4.52. The number of hydrogen-bond donors (Lipinski definition) is 2. The first-order valence-corrected chi connectivity index (χ1v) is 7.35. The zero-order chi connectivity index (χ0) is 14.4. The van der Waals surface area contributed by atoms with Gasteiger partial charge in [0.1, 0.15) is 11.9 Å². The molecule has 5 heteroatoms. The number of amides is 1. The lowest BCUT2D eigenvalue weighted by Crippen LogP contribution is -2.34. The van der Waals surface area contributed by atoms with Gasteiger partial charge in [-0.1, -0.05) is 18.2 Å². The minimum absolute atomic E-state index is 0.324. The second kappa shape index (κ2) is 7.17. The molecule has 0 radical (unpaired) electrons. The number of rotatable bonds is 7. The van der Waals surface area contributed by atoms with Crippen LogP contribution in [0.5, 0.6) is 0 Å². The van der Waals surface area contributed by atoms with Crippen molar-refractivity contribution >= 4 is 17.2 Å². The van der Waals surface area contributed by atoms with E-state index in [-0.39, 0.29) is 5.82 Å². The van der Waals surface area contributed by atoms with Gasteiger partial charge in [0.25, 0.3) is 0 Å². The van der Waals surface area contributed by atoms with Gasteiger partial charge >= 0.3 is 0 Å². The molecule has 0 aliphatic rings. The van der Waals surface area contributed by atoms with Gasteiger partial charge < -0.3 is 11.1 Å². The molecule has 3 N–H and O–H groups in total. The maximum atomic E-state index is 12.9. The van der Waals surface area contributed by atoms with E-state index in [1.165, 1.54) is 17.0 Å². The smallest absolute Gasteiger partial charge is 0.239 e. The molecule has 0 saturated heterocycles. The highest BCUT2D eigenvalue weighted by atomic mass is 32.1. The van der Waals surface area contributed by atoms with Gasteiger partial charge in [-0.25, -0.2) is 4.39 Å². The van der Waals surface area contributed by atoms with E-state index in [1.807, 2.05) is 11.4 Å². The third kappa shape index (κ3) is 4.15. The second-order valence-corrected chi connectivity index (χ2v) is 5.56. The summed E-state index contributed by atoms with van der Waals surface area (Å²) >= 11 is 1.72. The van der Waals surface area contributed by atoms with E-state index < -0.39 is 11.9 Å². The molecular formula is C15H17FN2OS. The van der Waals surface area contributed by atoms with E-state index in [1.54, 1.807) is 23.5 Å². The lowest BCUT2D eigenvalue weighted by molar-refractivity contribution is -0.120. The number of nitrogens with two attached hydrogens (primary N) is 1. The van der Waals surface area contributed by atoms with Crippen LogP contribution in [0.3, 0.4) is 0 Å². The SMILES string of the molecule is NC(=O)C(NCCCc1cccs1)c1ccc(F)cc1. The summed E-state index contributed by atoms with van der Waals surface area (Å²) in [7, 11) is 0. The minimum Gasteiger partial charge on any atom is -0.368 e. The first kappa shape index (κ1) is 14.7. The summed E-state index contributed by atoms with van der Waals surface area (Å²) in [5.41, 5.74) is 6.08. The Balaban J connectivity index is 1.86. The van der Waals surface area contributed by atoms with Crippen LogP contribution in [0.15, 0.2) is 41.8 Å². The number of thiophene rings is 1. The normalized spacial score (nSPS) is 12.2. The van der Waals surface area contributed by atoms with Crippen LogP contribution in [0.4, 0.5) is 4.39 Å². The molecular weight excluding hydrogens is 275 g/mol. The van der Waals surface area contributed by atoms with Crippen LogP contribution >= 0.6 is 11.3 Å². The van der Waals surface area contributed by atoms with Crippen molar-refractivity contribution in [3.63, 3.8) is 0 Å². The van der Waals surface area contributed by atoms with Crippen LogP contribution < -0.4 is 11.1 Å². The predicted octanol–water partition coefficient (Wildman–Crippen LogP) is 2.64. The van der Waals surface area contributed by atoms with Crippen molar-refractivity contribution in [2.45, 2.75) is 18.9 Å². The number of nitrogens with one attached hydrogen (secondary N) is 1. The topological polar surface area (TPSA) is 55.1 Å². The molecule has 0 spiro atoms. The molecule has 0 saturated carbocycles. The summed E-state index contributed by atoms with van der Waals surface area (Å²) in [6, 6.07) is 9.37. The Morgan fingerprint density at radius 3 is 2.65 bits per heavy atom. The van der Waals surface area contributed by atoms with Gasteiger partial charge in [0, 0.05) is 4.88 Å². The number of halogens is 1. The van der Waals surface area contributed by atoms with Crippen LogP contribution in [0.1, 0.15) is 22.9 Å². The molecule has 2 aromatic rings. The Hall–Kier alpha value is -1.72. The van der Waals surface area contributed by atoms with Crippen LogP contribution in [0, 0.1) is 5.82 Å². The largest absolute Gasteiger partial charge is 0.368 e. The third-order valence-corrected chi connectivity index (χ3v) is 3.95. The molecule has 0 aliphatic heterocycles. The Labute approximate surface area is 121 Å². The Kier molecular flexibility index (Phi) is 5.26. The van der Waals surface area contributed by atoms with Gasteiger partial charge in [-0.3, -0.25) is 4.79 Å². The summed E-state index contributed by atoms with van der Waals surface area (Å²) in [5, 5.41) is 5.17. The molecule has 20 heavy (non-hydrogen) atoms. The quantitative estimate of drug-likeness (QED) is 0.771. The number of aryl methyl sites for hydroxylation is 1. The summed E-state index contributed by atoms with van der Waals surface area (Å²) in [4.78, 5) is 12.8. The highest BCUT2D eigenvalue weighted by molar-refractivity contribution is 7.09. The molecule has 106 valence electrons. The molecule has 1 aromatic heterocycles. The number of benzene rings is 1. The first-order chi connectivity index (χ1) is 9.66. The zero-order valence-corrected chi connectivity index (χ0v) is 11.8. The maximum Gasteiger partial charge on any atom is 0.239 e. The number of hydrogen-bond acceptors (Lipinski definition) is 3. The summed E-state index contributed by atoms with van der Waals surface area (Å²) in [5.74, 6) is -0.776. The van der Waals surface area contributed by atoms with Crippen molar-refractivity contribution in [2.75, 3.05) is 6.54 Å². The van der Waals surface area contributed by atoms with E-state index in [4.69, 9.17) is 5.73 Å². The van der Waals surface area contributed by atoms with Gasteiger partial charge in [-0.2, -0.15) is 0 Å². The van der Waals surface area contributed by atoms with Crippen LogP contribution in [-0.4, -0.2) is 12.5 Å². The molecule has 0 aliphatic carbocycles. The molecule has 1 atom stereocenters. The summed E-state index contributed by atoms with van der Waals surface area (Å²) in [6.07, 6.45) is 1.89. The van der Waals surface area contributed by atoms with Crippen LogP contribution in [-0.2, 0) is 11.2 Å². The lowest BCUT2D eigenvalue weighted by atomic mass is 10.1. The van der Waals surface area contributed by atoms with Crippen molar-refractivity contribution in [1.82, 2.24) is 5.32 Å². The van der Waals surface area contributed by atoms with E-state index in [0.29, 0.717) is 12.1 Å². The highest BCUT2D eigenvalue weighted by Gasteiger charge is 2.16. The average Bonchev–Trinajstić information content (AvgIpc) is 2.93. The number of primary amides is 1. The highest BCUT2D eigenvalue weighted by Crippen LogP contribution is 2.14. The van der Waals surface area contributed by atoms with Crippen molar-refractivity contribution < 1.29 is 9.18 Å². The Bertz CT molecular complexity index is 540. The van der Waals surface area contributed by atoms with Gasteiger partial charge in [0.15, 0.2) is 0 Å². The molecule has 1 heterocycles. The molecule has 3 nitrogen and oxygen atoms in total. The summed E-state index contributed by atoms with van der Waals surface area (Å²) in [6.45, 7) is 0.683. The third-order valence-electron chi connectivity index (χ3n) is 3.02. The van der Waals surface area contributed by atoms with Crippen LogP contribution in [0.25, 0.3) is 0 Å². The van der Waals surface area contributed by atoms with Crippen molar-refractivity contribution in [2.24, 2.45) is 5.73 Å². The van der Waals surface area contributed by atoms with Crippen molar-refractivity contribution in [1.29, 1.82) is 0 Å². The lowest BCUT2D eigenvalue weighted by Gasteiger charge is -2.15. The van der Waals surface area contributed by atoms with Gasteiger partial charge in [-0.05, 0) is 48.5 Å². The predicted molar refractivity (Wildman–Crippen MR) is 79.0 cm³/mol. The standard InChI is InChI=1S/C15H17FN2OS/c16-12-7-5-11(6-8-12)14(15(17)19)18-9-1-3-13-4-2-10-20-13/h2,4-8,10,14,18H,1,3,9H2,(H2,17,19). The summed E-state index contributed by atoms with van der Waals surface area (Å²) < 4.78 is 12.9. The average molecular weight is 292 g/mol. The first-order valence-electron chi connectivity index (χ1n) is 6.47. The Morgan fingerprint density at radius 1 is 1.30 bits per heavy atom. The number of carbonyl (C=O) groups is 1. The van der Waals surface area contributed by atoms with Gasteiger partial charge in [0.05, 0.1) is 0 Å². The van der Waals surface area contributed by atoms with E-state index in [0.717, 1.165) is 12.8 Å². The fourth-order valence-corrected chi connectivity index (χ4v) is 2.75. The van der Waals surface area contributed by atoms with E-state index >= 15 is 0 Å². The van der Waals surface area contributed by atoms with Gasteiger partial charge in [-0.15, -0.1) is 11.3 Å².